The highest BCUT2D eigenvalue weighted by atomic mass is 19.3. The number of alkyl halides is 2. The summed E-state index contributed by atoms with van der Waals surface area (Å²) in [5.41, 5.74) is 0.869. The van der Waals surface area contributed by atoms with E-state index in [1.165, 1.54) is 0 Å². The summed E-state index contributed by atoms with van der Waals surface area (Å²) in [6, 6.07) is 4.17. The number of likely N-dealkylation sites (tertiary alicyclic amines) is 1. The van der Waals surface area contributed by atoms with E-state index in [0.717, 1.165) is 56.2 Å². The first-order valence-electron chi connectivity index (χ1n) is 14.7. The van der Waals surface area contributed by atoms with Crippen LogP contribution >= 0.6 is 0 Å². The first kappa shape index (κ1) is 32.0. The summed E-state index contributed by atoms with van der Waals surface area (Å²) in [6.07, 6.45) is 2.81. The van der Waals surface area contributed by atoms with Crippen LogP contribution in [0.15, 0.2) is 12.1 Å². The van der Waals surface area contributed by atoms with Gasteiger partial charge in [-0.05, 0) is 98.2 Å². The monoisotopic (exact) mass is 566 g/mol. The fraction of sp³-hybridized carbons (Fsp3) is 0.767. The number of hydrogen-bond donors (Lipinski definition) is 0. The molecule has 2 amide bonds. The maximum absolute atomic E-state index is 13.0. The Morgan fingerprint density at radius 3 is 2.38 bits per heavy atom. The van der Waals surface area contributed by atoms with E-state index in [2.05, 4.69) is 11.0 Å². The molecule has 0 saturated carbocycles. The molecule has 2 aliphatic rings. The third-order valence-electron chi connectivity index (χ3n) is 7.06. The second kappa shape index (κ2) is 13.9. The van der Waals surface area contributed by atoms with Gasteiger partial charge in [-0.25, -0.2) is 23.4 Å². The summed E-state index contributed by atoms with van der Waals surface area (Å²) < 4.78 is 37.1. The molecule has 1 aromatic rings. The molecule has 0 radical (unpaired) electrons. The summed E-state index contributed by atoms with van der Waals surface area (Å²) in [5.74, 6) is 0.701. The quantitative estimate of drug-likeness (QED) is 0.303. The number of aryl methyl sites for hydroxylation is 2. The van der Waals surface area contributed by atoms with Gasteiger partial charge in [0.2, 0.25) is 6.43 Å². The minimum Gasteiger partial charge on any atom is -0.444 e. The average molecular weight is 567 g/mol. The van der Waals surface area contributed by atoms with Crippen molar-refractivity contribution in [2.75, 3.05) is 37.6 Å². The number of pyridine rings is 1. The molecular weight excluding hydrogens is 518 g/mol. The number of halogens is 2. The number of carbonyl (C=O) groups is 2. The minimum absolute atomic E-state index is 0.0624. The molecule has 1 atom stereocenters. The molecule has 3 rings (SSSR count). The summed E-state index contributed by atoms with van der Waals surface area (Å²) in [7, 11) is 0. The summed E-state index contributed by atoms with van der Waals surface area (Å²) >= 11 is 0. The van der Waals surface area contributed by atoms with E-state index in [0.29, 0.717) is 38.5 Å². The zero-order chi connectivity index (χ0) is 29.5. The molecule has 1 saturated heterocycles. The fourth-order valence-electron chi connectivity index (χ4n) is 5.18. The Labute approximate surface area is 238 Å². The number of ether oxygens (including phenoxy) is 2. The lowest BCUT2D eigenvalue weighted by molar-refractivity contribution is 0.0274. The molecule has 2 aliphatic heterocycles. The summed E-state index contributed by atoms with van der Waals surface area (Å²) in [4.78, 5) is 35.5. The lowest BCUT2D eigenvalue weighted by atomic mass is 10.0. The topological polar surface area (TPSA) is 75.2 Å². The Morgan fingerprint density at radius 2 is 1.70 bits per heavy atom. The number of hydrogen-bond acceptors (Lipinski definition) is 6. The molecule has 0 spiro atoms. The van der Waals surface area contributed by atoms with Crippen molar-refractivity contribution in [2.24, 2.45) is 0 Å². The van der Waals surface area contributed by atoms with Gasteiger partial charge in [-0.2, -0.15) is 0 Å². The smallest absolute Gasteiger partial charge is 0.416 e. The Hall–Kier alpha value is -2.49. The number of amides is 2. The maximum Gasteiger partial charge on any atom is 0.416 e. The molecule has 226 valence electrons. The van der Waals surface area contributed by atoms with Crippen LogP contribution in [0, 0.1) is 0 Å². The van der Waals surface area contributed by atoms with E-state index in [-0.39, 0.29) is 24.6 Å². The third-order valence-corrected chi connectivity index (χ3v) is 7.06. The molecule has 1 fully saturated rings. The molecular formula is C30H48F2N4O4. The van der Waals surface area contributed by atoms with Gasteiger partial charge < -0.3 is 14.4 Å². The van der Waals surface area contributed by atoms with Crippen LogP contribution in [0.4, 0.5) is 24.2 Å². The standard InChI is InChI=1S/C30H48F2N4O4/c1-29(2,3)39-27(37)35-19-15-24(21-35)34(20-16-25(31)32)17-9-7-8-12-23-14-13-22-11-10-18-36(26(22)33-23)28(38)40-30(4,5)6/h13-14,24-25H,7-12,15-21H2,1-6H3/t24-/m1/s1. The molecule has 0 N–H and O–H groups in total. The fourth-order valence-corrected chi connectivity index (χ4v) is 5.18. The van der Waals surface area contributed by atoms with Crippen molar-refractivity contribution in [3.63, 3.8) is 0 Å². The van der Waals surface area contributed by atoms with Crippen molar-refractivity contribution in [3.05, 3.63) is 23.4 Å². The first-order valence-corrected chi connectivity index (χ1v) is 14.7. The molecule has 8 nitrogen and oxygen atoms in total. The predicted octanol–water partition coefficient (Wildman–Crippen LogP) is 6.45. The molecule has 3 heterocycles. The van der Waals surface area contributed by atoms with Crippen LogP contribution < -0.4 is 4.90 Å². The molecule has 40 heavy (non-hydrogen) atoms. The van der Waals surface area contributed by atoms with Crippen molar-refractivity contribution in [2.45, 2.75) is 117 Å². The highest BCUT2D eigenvalue weighted by molar-refractivity contribution is 5.88. The van der Waals surface area contributed by atoms with Gasteiger partial charge >= 0.3 is 12.2 Å². The van der Waals surface area contributed by atoms with Crippen molar-refractivity contribution < 1.29 is 27.8 Å². The second-order valence-electron chi connectivity index (χ2n) is 12.9. The average Bonchev–Trinajstić information content (AvgIpc) is 3.33. The first-order chi connectivity index (χ1) is 18.7. The van der Waals surface area contributed by atoms with Gasteiger partial charge in [-0.15, -0.1) is 0 Å². The molecule has 0 aliphatic carbocycles. The highest BCUT2D eigenvalue weighted by Gasteiger charge is 2.33. The lowest BCUT2D eigenvalue weighted by Gasteiger charge is -2.31. The Kier molecular flexibility index (Phi) is 11.1. The van der Waals surface area contributed by atoms with Gasteiger partial charge in [0.25, 0.3) is 0 Å². The van der Waals surface area contributed by atoms with Crippen molar-refractivity contribution in [3.8, 4) is 0 Å². The third kappa shape index (κ3) is 10.2. The van der Waals surface area contributed by atoms with Gasteiger partial charge in [0.05, 0.1) is 0 Å². The minimum atomic E-state index is -2.35. The van der Waals surface area contributed by atoms with Gasteiger partial charge in [0.1, 0.15) is 17.0 Å². The van der Waals surface area contributed by atoms with Crippen LogP contribution in [0.3, 0.4) is 0 Å². The van der Waals surface area contributed by atoms with E-state index in [1.54, 1.807) is 9.80 Å². The van der Waals surface area contributed by atoms with Crippen LogP contribution in [0.1, 0.15) is 91.3 Å². The number of carbonyl (C=O) groups excluding carboxylic acids is 2. The van der Waals surface area contributed by atoms with Gasteiger partial charge in [0.15, 0.2) is 0 Å². The van der Waals surface area contributed by atoms with Crippen molar-refractivity contribution in [1.82, 2.24) is 14.8 Å². The molecule has 0 aromatic carbocycles. The Morgan fingerprint density at radius 1 is 1.00 bits per heavy atom. The number of rotatable bonds is 10. The van der Waals surface area contributed by atoms with Crippen molar-refractivity contribution in [1.29, 1.82) is 0 Å². The van der Waals surface area contributed by atoms with Crippen LogP contribution in [0.25, 0.3) is 0 Å². The van der Waals surface area contributed by atoms with Crippen LogP contribution in [-0.2, 0) is 22.3 Å². The number of aromatic nitrogens is 1. The van der Waals surface area contributed by atoms with Crippen LogP contribution in [0.5, 0.6) is 0 Å². The highest BCUT2D eigenvalue weighted by Crippen LogP contribution is 2.28. The molecule has 0 bridgehead atoms. The molecule has 0 unspecified atom stereocenters. The van der Waals surface area contributed by atoms with Crippen LogP contribution in [-0.4, -0.2) is 83.4 Å². The van der Waals surface area contributed by atoms with Gasteiger partial charge in [-0.1, -0.05) is 12.5 Å². The van der Waals surface area contributed by atoms with E-state index in [9.17, 15) is 18.4 Å². The van der Waals surface area contributed by atoms with E-state index in [4.69, 9.17) is 14.5 Å². The van der Waals surface area contributed by atoms with Gasteiger partial charge in [-0.3, -0.25) is 9.80 Å². The van der Waals surface area contributed by atoms with E-state index < -0.39 is 17.6 Å². The molecule has 1 aromatic heterocycles. The Balaban J connectivity index is 1.51. The van der Waals surface area contributed by atoms with E-state index in [1.807, 2.05) is 47.6 Å². The van der Waals surface area contributed by atoms with Crippen molar-refractivity contribution >= 4 is 18.0 Å². The number of unbranched alkanes of at least 4 members (excludes halogenated alkanes) is 2. The Bertz CT molecular complexity index is 993. The largest absolute Gasteiger partial charge is 0.444 e. The lowest BCUT2D eigenvalue weighted by Crippen LogP contribution is -2.41. The zero-order valence-corrected chi connectivity index (χ0v) is 25.2. The summed E-state index contributed by atoms with van der Waals surface area (Å²) in [6.45, 7) is 13.8. The zero-order valence-electron chi connectivity index (χ0n) is 25.2. The number of anilines is 1. The number of fused-ring (bicyclic) bond motifs is 1. The normalized spacial score (nSPS) is 17.9. The summed E-state index contributed by atoms with van der Waals surface area (Å²) in [5, 5.41) is 0. The number of nitrogens with zero attached hydrogens (tertiary/aromatic N) is 4. The van der Waals surface area contributed by atoms with E-state index >= 15 is 0 Å². The maximum atomic E-state index is 13.0. The predicted molar refractivity (Wildman–Crippen MR) is 152 cm³/mol. The second-order valence-corrected chi connectivity index (χ2v) is 12.9. The van der Waals surface area contributed by atoms with Gasteiger partial charge in [0, 0.05) is 44.3 Å². The SMILES string of the molecule is CC(C)(C)OC(=O)N1CC[C@@H](N(CCCCCc2ccc3c(n2)N(C(=O)OC(C)(C)C)CCC3)CCC(F)F)C1. The molecule has 10 heteroatoms. The van der Waals surface area contributed by atoms with Crippen LogP contribution in [0.2, 0.25) is 0 Å².